The fourth-order valence-electron chi connectivity index (χ4n) is 1.20. The second-order valence-electron chi connectivity index (χ2n) is 4.61. The molecule has 0 radical (unpaired) electrons. The van der Waals surface area contributed by atoms with Crippen molar-refractivity contribution in [2.45, 2.75) is 37.7 Å². The Morgan fingerprint density at radius 3 is 2.50 bits per heavy atom. The molecule has 0 spiro atoms. The Hall–Kier alpha value is -0.650. The smallest absolute Gasteiger partial charge is 0.187 e. The van der Waals surface area contributed by atoms with E-state index in [-0.39, 0.29) is 0 Å². The summed E-state index contributed by atoms with van der Waals surface area (Å²) in [6, 6.07) is 0. The van der Waals surface area contributed by atoms with Crippen LogP contribution in [0.1, 0.15) is 26.3 Å². The van der Waals surface area contributed by atoms with Crippen LogP contribution in [-0.4, -0.2) is 35.5 Å². The standard InChI is InChI=1S/C13H23N3OS/c1-10(2)11(3)18-13-15-8-12(9-16-13)7-14-5-6-17-4/h8-11,14H,5-7H2,1-4H3. The van der Waals surface area contributed by atoms with E-state index in [0.29, 0.717) is 11.2 Å². The van der Waals surface area contributed by atoms with Crippen LogP contribution in [-0.2, 0) is 11.3 Å². The molecule has 0 amide bonds. The van der Waals surface area contributed by atoms with Crippen molar-refractivity contribution >= 4 is 11.8 Å². The van der Waals surface area contributed by atoms with Crippen LogP contribution in [0.25, 0.3) is 0 Å². The van der Waals surface area contributed by atoms with Crippen molar-refractivity contribution in [3.8, 4) is 0 Å². The molecule has 0 saturated carbocycles. The second-order valence-corrected chi connectivity index (χ2v) is 5.95. The number of aromatic nitrogens is 2. The molecular weight excluding hydrogens is 246 g/mol. The summed E-state index contributed by atoms with van der Waals surface area (Å²) in [4.78, 5) is 8.76. The van der Waals surface area contributed by atoms with Crippen LogP contribution < -0.4 is 5.32 Å². The number of nitrogens with one attached hydrogen (secondary N) is 1. The Morgan fingerprint density at radius 1 is 1.28 bits per heavy atom. The van der Waals surface area contributed by atoms with Gasteiger partial charge in [0.2, 0.25) is 0 Å². The fourth-order valence-corrected chi connectivity index (χ4v) is 2.04. The molecule has 0 bridgehead atoms. The first-order chi connectivity index (χ1) is 8.63. The molecule has 1 atom stereocenters. The van der Waals surface area contributed by atoms with Crippen molar-refractivity contribution in [2.75, 3.05) is 20.3 Å². The van der Waals surface area contributed by atoms with E-state index in [9.17, 15) is 0 Å². The normalized spacial score (nSPS) is 12.9. The van der Waals surface area contributed by atoms with Crippen LogP contribution in [0.5, 0.6) is 0 Å². The highest BCUT2D eigenvalue weighted by Crippen LogP contribution is 2.24. The van der Waals surface area contributed by atoms with Gasteiger partial charge in [0.05, 0.1) is 6.61 Å². The molecule has 0 aliphatic carbocycles. The fraction of sp³-hybridized carbons (Fsp3) is 0.692. The van der Waals surface area contributed by atoms with Crippen molar-refractivity contribution in [1.29, 1.82) is 0 Å². The Balaban J connectivity index is 2.37. The van der Waals surface area contributed by atoms with Crippen LogP contribution in [0, 0.1) is 5.92 Å². The lowest BCUT2D eigenvalue weighted by Gasteiger charge is -2.13. The number of methoxy groups -OCH3 is 1. The molecule has 102 valence electrons. The topological polar surface area (TPSA) is 47.0 Å². The molecule has 0 fully saturated rings. The summed E-state index contributed by atoms with van der Waals surface area (Å²) < 4.78 is 4.97. The molecule has 0 aliphatic heterocycles. The van der Waals surface area contributed by atoms with Gasteiger partial charge in [-0.25, -0.2) is 9.97 Å². The Labute approximate surface area is 114 Å². The van der Waals surface area contributed by atoms with Crippen LogP contribution >= 0.6 is 11.8 Å². The summed E-state index contributed by atoms with van der Waals surface area (Å²) in [7, 11) is 1.70. The Kier molecular flexibility index (Phi) is 7.23. The van der Waals surface area contributed by atoms with Crippen LogP contribution in [0.4, 0.5) is 0 Å². The first-order valence-corrected chi connectivity index (χ1v) is 7.18. The second kappa shape index (κ2) is 8.45. The molecule has 1 aromatic heterocycles. The average Bonchev–Trinajstić information content (AvgIpc) is 2.36. The molecule has 0 aromatic carbocycles. The van der Waals surface area contributed by atoms with E-state index in [4.69, 9.17) is 4.74 Å². The van der Waals surface area contributed by atoms with E-state index in [0.717, 1.165) is 30.4 Å². The highest BCUT2D eigenvalue weighted by atomic mass is 32.2. The molecule has 1 N–H and O–H groups in total. The SMILES string of the molecule is COCCNCc1cnc(SC(C)C(C)C)nc1. The van der Waals surface area contributed by atoms with Gasteiger partial charge in [0.15, 0.2) is 5.16 Å². The van der Waals surface area contributed by atoms with Gasteiger partial charge in [-0.3, -0.25) is 0 Å². The predicted octanol–water partition coefficient (Wildman–Crippen LogP) is 2.35. The molecule has 18 heavy (non-hydrogen) atoms. The molecule has 1 unspecified atom stereocenters. The summed E-state index contributed by atoms with van der Waals surface area (Å²) in [5.41, 5.74) is 1.10. The van der Waals surface area contributed by atoms with Crippen molar-refractivity contribution < 1.29 is 4.74 Å². The average molecular weight is 269 g/mol. The largest absolute Gasteiger partial charge is 0.383 e. The van der Waals surface area contributed by atoms with Crippen molar-refractivity contribution in [1.82, 2.24) is 15.3 Å². The predicted molar refractivity (Wildman–Crippen MR) is 75.8 cm³/mol. The maximum absolute atomic E-state index is 4.97. The van der Waals surface area contributed by atoms with Gasteiger partial charge >= 0.3 is 0 Å². The first kappa shape index (κ1) is 15.4. The maximum Gasteiger partial charge on any atom is 0.187 e. The summed E-state index contributed by atoms with van der Waals surface area (Å²) >= 11 is 1.73. The third-order valence-electron chi connectivity index (χ3n) is 2.72. The highest BCUT2D eigenvalue weighted by molar-refractivity contribution is 7.99. The van der Waals surface area contributed by atoms with Gasteiger partial charge in [-0.1, -0.05) is 32.5 Å². The first-order valence-electron chi connectivity index (χ1n) is 6.30. The Morgan fingerprint density at radius 2 is 1.94 bits per heavy atom. The van der Waals surface area contributed by atoms with E-state index in [1.54, 1.807) is 18.9 Å². The van der Waals surface area contributed by atoms with Gasteiger partial charge < -0.3 is 10.1 Å². The monoisotopic (exact) mass is 269 g/mol. The minimum absolute atomic E-state index is 0.538. The quantitative estimate of drug-likeness (QED) is 0.446. The molecular formula is C13H23N3OS. The van der Waals surface area contributed by atoms with Gasteiger partial charge in [0.1, 0.15) is 0 Å². The maximum atomic E-state index is 4.97. The van der Waals surface area contributed by atoms with Gasteiger partial charge in [0.25, 0.3) is 0 Å². The van der Waals surface area contributed by atoms with E-state index >= 15 is 0 Å². The number of rotatable bonds is 8. The van der Waals surface area contributed by atoms with Crippen molar-refractivity contribution in [2.24, 2.45) is 5.92 Å². The summed E-state index contributed by atoms with van der Waals surface area (Å²) in [6.07, 6.45) is 3.78. The Bertz CT molecular complexity index is 330. The van der Waals surface area contributed by atoms with Crippen LogP contribution in [0.2, 0.25) is 0 Å². The van der Waals surface area contributed by atoms with Crippen molar-refractivity contribution in [3.63, 3.8) is 0 Å². The molecule has 0 aliphatic rings. The number of thioether (sulfide) groups is 1. The number of hydrogen-bond acceptors (Lipinski definition) is 5. The minimum Gasteiger partial charge on any atom is -0.383 e. The number of hydrogen-bond donors (Lipinski definition) is 1. The molecule has 5 heteroatoms. The van der Waals surface area contributed by atoms with Gasteiger partial charge in [-0.05, 0) is 5.92 Å². The van der Waals surface area contributed by atoms with E-state index < -0.39 is 0 Å². The molecule has 1 heterocycles. The molecule has 4 nitrogen and oxygen atoms in total. The molecule has 1 rings (SSSR count). The highest BCUT2D eigenvalue weighted by Gasteiger charge is 2.10. The van der Waals surface area contributed by atoms with E-state index in [1.165, 1.54) is 0 Å². The minimum atomic E-state index is 0.538. The number of nitrogens with zero attached hydrogens (tertiary/aromatic N) is 2. The number of ether oxygens (including phenoxy) is 1. The zero-order chi connectivity index (χ0) is 13.4. The molecule has 0 saturated heterocycles. The molecule has 1 aromatic rings. The lowest BCUT2D eigenvalue weighted by atomic mass is 10.2. The zero-order valence-electron chi connectivity index (χ0n) is 11.6. The lowest BCUT2D eigenvalue weighted by molar-refractivity contribution is 0.199. The van der Waals surface area contributed by atoms with E-state index in [1.807, 2.05) is 12.4 Å². The van der Waals surface area contributed by atoms with Crippen LogP contribution in [0.15, 0.2) is 17.6 Å². The van der Waals surface area contributed by atoms with Gasteiger partial charge in [0, 0.05) is 43.4 Å². The lowest BCUT2D eigenvalue weighted by Crippen LogP contribution is -2.18. The summed E-state index contributed by atoms with van der Waals surface area (Å²) in [5.74, 6) is 0.633. The summed E-state index contributed by atoms with van der Waals surface area (Å²) in [5, 5.41) is 4.67. The van der Waals surface area contributed by atoms with E-state index in [2.05, 4.69) is 36.1 Å². The van der Waals surface area contributed by atoms with Gasteiger partial charge in [-0.15, -0.1) is 0 Å². The van der Waals surface area contributed by atoms with Gasteiger partial charge in [-0.2, -0.15) is 0 Å². The van der Waals surface area contributed by atoms with Crippen molar-refractivity contribution in [3.05, 3.63) is 18.0 Å². The third-order valence-corrected chi connectivity index (χ3v) is 4.06. The zero-order valence-corrected chi connectivity index (χ0v) is 12.5. The third kappa shape index (κ3) is 5.80. The summed E-state index contributed by atoms with van der Waals surface area (Å²) in [6.45, 7) is 8.99. The van der Waals surface area contributed by atoms with Crippen LogP contribution in [0.3, 0.4) is 0 Å².